The Morgan fingerprint density at radius 2 is 1.44 bits per heavy atom. The van der Waals surface area contributed by atoms with Crippen molar-refractivity contribution in [3.63, 3.8) is 0 Å². The standard InChI is InChI=1S/C22H37N5/c1-2-9-17-27(16-8-1)21-14-15-23-22(26-21)25-20-13-7-6-12-19(20)24-18-10-4-3-5-11-18/h14-15,18-20,24H,1-13,16-17H2,(H,23,25,26). The summed E-state index contributed by atoms with van der Waals surface area (Å²) < 4.78 is 0. The largest absolute Gasteiger partial charge is 0.356 e. The maximum absolute atomic E-state index is 4.89. The first-order valence-corrected chi connectivity index (χ1v) is 11.5. The first-order chi connectivity index (χ1) is 13.4. The zero-order chi connectivity index (χ0) is 18.3. The SMILES string of the molecule is c1cc(N2CCCCCC2)nc(NC2CCCCC2NC2CCCCC2)n1. The highest BCUT2D eigenvalue weighted by atomic mass is 15.2. The summed E-state index contributed by atoms with van der Waals surface area (Å²) >= 11 is 0. The van der Waals surface area contributed by atoms with E-state index >= 15 is 0 Å². The van der Waals surface area contributed by atoms with Crippen molar-refractivity contribution in [2.24, 2.45) is 0 Å². The lowest BCUT2D eigenvalue weighted by Crippen LogP contribution is -2.50. The molecule has 0 spiro atoms. The van der Waals surface area contributed by atoms with Crippen LogP contribution in [-0.2, 0) is 0 Å². The van der Waals surface area contributed by atoms with Crippen molar-refractivity contribution < 1.29 is 0 Å². The zero-order valence-corrected chi connectivity index (χ0v) is 16.8. The number of nitrogens with zero attached hydrogens (tertiary/aromatic N) is 3. The summed E-state index contributed by atoms with van der Waals surface area (Å²) in [5, 5.41) is 7.69. The molecule has 1 aromatic rings. The van der Waals surface area contributed by atoms with Gasteiger partial charge in [-0.3, -0.25) is 0 Å². The van der Waals surface area contributed by atoms with Crippen molar-refractivity contribution in [1.82, 2.24) is 15.3 Å². The van der Waals surface area contributed by atoms with E-state index in [1.54, 1.807) is 0 Å². The van der Waals surface area contributed by atoms with Crippen LogP contribution in [0.15, 0.2) is 12.3 Å². The molecule has 1 saturated heterocycles. The van der Waals surface area contributed by atoms with Gasteiger partial charge in [0.1, 0.15) is 5.82 Å². The van der Waals surface area contributed by atoms with Crippen LogP contribution in [-0.4, -0.2) is 41.2 Å². The minimum atomic E-state index is 0.458. The van der Waals surface area contributed by atoms with Gasteiger partial charge in [0.2, 0.25) is 5.95 Å². The number of nitrogens with one attached hydrogen (secondary N) is 2. The monoisotopic (exact) mass is 371 g/mol. The highest BCUT2D eigenvalue weighted by Gasteiger charge is 2.28. The molecular weight excluding hydrogens is 334 g/mol. The highest BCUT2D eigenvalue weighted by Crippen LogP contribution is 2.25. The molecule has 2 heterocycles. The summed E-state index contributed by atoms with van der Waals surface area (Å²) in [6, 6.07) is 3.82. The Hall–Kier alpha value is -1.36. The molecule has 5 nitrogen and oxygen atoms in total. The summed E-state index contributed by atoms with van der Waals surface area (Å²) in [6.07, 6.45) is 19.3. The van der Waals surface area contributed by atoms with Gasteiger partial charge in [0.05, 0.1) is 0 Å². The smallest absolute Gasteiger partial charge is 0.224 e. The van der Waals surface area contributed by atoms with Crippen LogP contribution in [0.2, 0.25) is 0 Å². The van der Waals surface area contributed by atoms with Crippen LogP contribution in [0.3, 0.4) is 0 Å². The molecule has 0 radical (unpaired) electrons. The predicted octanol–water partition coefficient (Wildman–Crippen LogP) is 4.50. The van der Waals surface area contributed by atoms with E-state index in [-0.39, 0.29) is 0 Å². The van der Waals surface area contributed by atoms with E-state index < -0.39 is 0 Å². The van der Waals surface area contributed by atoms with Gasteiger partial charge < -0.3 is 15.5 Å². The topological polar surface area (TPSA) is 53.1 Å². The first-order valence-electron chi connectivity index (χ1n) is 11.5. The number of hydrogen-bond acceptors (Lipinski definition) is 5. The molecule has 2 saturated carbocycles. The van der Waals surface area contributed by atoms with Crippen LogP contribution in [0.25, 0.3) is 0 Å². The predicted molar refractivity (Wildman–Crippen MR) is 112 cm³/mol. The number of hydrogen-bond donors (Lipinski definition) is 2. The van der Waals surface area contributed by atoms with E-state index in [0.29, 0.717) is 12.1 Å². The molecule has 0 aromatic carbocycles. The van der Waals surface area contributed by atoms with Crippen LogP contribution < -0.4 is 15.5 Å². The molecule has 1 aromatic heterocycles. The second kappa shape index (κ2) is 9.72. The Morgan fingerprint density at radius 1 is 0.778 bits per heavy atom. The van der Waals surface area contributed by atoms with Crippen LogP contribution in [0.5, 0.6) is 0 Å². The lowest BCUT2D eigenvalue weighted by molar-refractivity contribution is 0.275. The van der Waals surface area contributed by atoms with Gasteiger partial charge in [0, 0.05) is 37.4 Å². The van der Waals surface area contributed by atoms with Crippen molar-refractivity contribution in [3.8, 4) is 0 Å². The summed E-state index contributed by atoms with van der Waals surface area (Å²) in [6.45, 7) is 2.26. The third-order valence-corrected chi connectivity index (χ3v) is 6.71. The fourth-order valence-electron chi connectivity index (χ4n) is 5.14. The third-order valence-electron chi connectivity index (χ3n) is 6.71. The molecule has 4 rings (SSSR count). The number of anilines is 2. The van der Waals surface area contributed by atoms with Crippen molar-refractivity contribution in [2.45, 2.75) is 102 Å². The Morgan fingerprint density at radius 3 is 2.22 bits per heavy atom. The number of aromatic nitrogens is 2. The molecule has 5 heteroatoms. The molecule has 0 bridgehead atoms. The Balaban J connectivity index is 1.39. The van der Waals surface area contributed by atoms with Crippen LogP contribution >= 0.6 is 0 Å². The van der Waals surface area contributed by atoms with Gasteiger partial charge >= 0.3 is 0 Å². The second-order valence-corrected chi connectivity index (χ2v) is 8.78. The molecule has 2 N–H and O–H groups in total. The summed E-state index contributed by atoms with van der Waals surface area (Å²) in [4.78, 5) is 11.9. The van der Waals surface area contributed by atoms with Crippen molar-refractivity contribution >= 4 is 11.8 Å². The van der Waals surface area contributed by atoms with Gasteiger partial charge in [0.15, 0.2) is 0 Å². The van der Waals surface area contributed by atoms with Gasteiger partial charge in [-0.2, -0.15) is 4.98 Å². The van der Waals surface area contributed by atoms with E-state index in [2.05, 4.69) is 26.6 Å². The van der Waals surface area contributed by atoms with E-state index in [4.69, 9.17) is 4.98 Å². The molecule has 3 fully saturated rings. The fraction of sp³-hybridized carbons (Fsp3) is 0.818. The van der Waals surface area contributed by atoms with E-state index in [0.717, 1.165) is 30.9 Å². The minimum absolute atomic E-state index is 0.458. The van der Waals surface area contributed by atoms with Crippen LogP contribution in [0.1, 0.15) is 83.5 Å². The lowest BCUT2D eigenvalue weighted by Gasteiger charge is -2.37. The van der Waals surface area contributed by atoms with Crippen molar-refractivity contribution in [2.75, 3.05) is 23.3 Å². The van der Waals surface area contributed by atoms with Gasteiger partial charge in [-0.1, -0.05) is 44.9 Å². The highest BCUT2D eigenvalue weighted by molar-refractivity contribution is 5.43. The zero-order valence-electron chi connectivity index (χ0n) is 16.8. The Bertz CT molecular complexity index is 564. The minimum Gasteiger partial charge on any atom is -0.356 e. The van der Waals surface area contributed by atoms with E-state index in [1.165, 1.54) is 83.5 Å². The molecule has 27 heavy (non-hydrogen) atoms. The Kier molecular flexibility index (Phi) is 6.83. The summed E-state index contributed by atoms with van der Waals surface area (Å²) in [5.74, 6) is 1.92. The maximum Gasteiger partial charge on any atom is 0.224 e. The van der Waals surface area contributed by atoms with Gasteiger partial charge in [-0.05, 0) is 44.6 Å². The average Bonchev–Trinajstić information content (AvgIpc) is 3.00. The second-order valence-electron chi connectivity index (χ2n) is 8.78. The van der Waals surface area contributed by atoms with Crippen molar-refractivity contribution in [3.05, 3.63) is 12.3 Å². The normalized spacial score (nSPS) is 27.9. The molecule has 2 aliphatic carbocycles. The Labute approximate surface area is 164 Å². The lowest BCUT2D eigenvalue weighted by atomic mass is 9.87. The average molecular weight is 372 g/mol. The first kappa shape index (κ1) is 19.0. The molecule has 1 aliphatic heterocycles. The van der Waals surface area contributed by atoms with E-state index in [9.17, 15) is 0 Å². The summed E-state index contributed by atoms with van der Waals surface area (Å²) in [7, 11) is 0. The molecule has 2 unspecified atom stereocenters. The maximum atomic E-state index is 4.89. The van der Waals surface area contributed by atoms with Gasteiger partial charge in [-0.15, -0.1) is 0 Å². The fourth-order valence-corrected chi connectivity index (χ4v) is 5.14. The van der Waals surface area contributed by atoms with Gasteiger partial charge in [0.25, 0.3) is 0 Å². The molecular formula is C22H37N5. The van der Waals surface area contributed by atoms with Crippen LogP contribution in [0, 0.1) is 0 Å². The third kappa shape index (κ3) is 5.34. The molecule has 3 aliphatic rings. The molecule has 0 amide bonds. The van der Waals surface area contributed by atoms with E-state index in [1.807, 2.05) is 6.20 Å². The summed E-state index contributed by atoms with van der Waals surface area (Å²) in [5.41, 5.74) is 0. The molecule has 150 valence electrons. The molecule has 2 atom stereocenters. The van der Waals surface area contributed by atoms with Crippen molar-refractivity contribution in [1.29, 1.82) is 0 Å². The number of rotatable bonds is 5. The van der Waals surface area contributed by atoms with Gasteiger partial charge in [-0.25, -0.2) is 4.98 Å². The van der Waals surface area contributed by atoms with Crippen LogP contribution in [0.4, 0.5) is 11.8 Å². The quantitative estimate of drug-likeness (QED) is 0.798.